The fraction of sp³-hybridized carbons (Fsp3) is 1.00. The Morgan fingerprint density at radius 3 is 2.53 bits per heavy atom. The second-order valence-corrected chi connectivity index (χ2v) is 5.05. The van der Waals surface area contributed by atoms with Crippen LogP contribution in [0.5, 0.6) is 0 Å². The van der Waals surface area contributed by atoms with E-state index in [2.05, 4.69) is 26.1 Å². The largest absolute Gasteiger partial charge is 0.377 e. The van der Waals surface area contributed by atoms with Gasteiger partial charge in [-0.3, -0.25) is 0 Å². The van der Waals surface area contributed by atoms with Gasteiger partial charge in [-0.25, -0.2) is 0 Å². The molecule has 1 aliphatic carbocycles. The average Bonchev–Trinajstić information content (AvgIpc) is 2.21. The minimum Gasteiger partial charge on any atom is -0.377 e. The molecule has 1 N–H and O–H groups in total. The Labute approximate surface area is 94.8 Å². The zero-order valence-corrected chi connectivity index (χ0v) is 10.6. The average molecular weight is 213 g/mol. The van der Waals surface area contributed by atoms with Crippen LogP contribution >= 0.6 is 0 Å². The summed E-state index contributed by atoms with van der Waals surface area (Å²) in [6, 6.07) is 0. The van der Waals surface area contributed by atoms with Gasteiger partial charge >= 0.3 is 0 Å². The zero-order valence-electron chi connectivity index (χ0n) is 10.6. The number of hydrogen-bond acceptors (Lipinski definition) is 2. The van der Waals surface area contributed by atoms with Gasteiger partial charge in [0.05, 0.1) is 6.10 Å². The van der Waals surface area contributed by atoms with Crippen molar-refractivity contribution < 1.29 is 4.74 Å². The smallest absolute Gasteiger partial charge is 0.0671 e. The third-order valence-corrected chi connectivity index (χ3v) is 3.45. The first kappa shape index (κ1) is 13.0. The lowest BCUT2D eigenvalue weighted by molar-refractivity contribution is 0.0748. The molecule has 1 unspecified atom stereocenters. The summed E-state index contributed by atoms with van der Waals surface area (Å²) in [5.74, 6) is 1.87. The number of nitrogens with one attached hydrogen (secondary N) is 1. The van der Waals surface area contributed by atoms with Crippen molar-refractivity contribution in [2.24, 2.45) is 11.8 Å². The van der Waals surface area contributed by atoms with E-state index in [0.29, 0.717) is 6.10 Å². The van der Waals surface area contributed by atoms with Crippen molar-refractivity contribution in [1.82, 2.24) is 5.32 Å². The molecule has 0 aromatic rings. The first-order valence-corrected chi connectivity index (χ1v) is 6.54. The van der Waals surface area contributed by atoms with E-state index in [1.807, 2.05) is 0 Å². The number of rotatable bonds is 6. The second kappa shape index (κ2) is 7.24. The van der Waals surface area contributed by atoms with E-state index in [4.69, 9.17) is 4.74 Å². The molecule has 0 aromatic heterocycles. The second-order valence-electron chi connectivity index (χ2n) is 5.05. The molecule has 0 aromatic carbocycles. The molecule has 0 amide bonds. The highest BCUT2D eigenvalue weighted by molar-refractivity contribution is 4.72. The standard InChI is InChI=1S/C13H27NO/c1-4-15-12(3)9-14-10-13-7-5-11(2)6-8-13/h11-14H,4-10H2,1-3H3. The molecule has 0 radical (unpaired) electrons. The predicted molar refractivity (Wildman–Crippen MR) is 65.1 cm³/mol. The lowest BCUT2D eigenvalue weighted by Crippen LogP contribution is -2.32. The van der Waals surface area contributed by atoms with E-state index in [1.165, 1.54) is 32.2 Å². The van der Waals surface area contributed by atoms with E-state index < -0.39 is 0 Å². The molecule has 0 aliphatic heterocycles. The zero-order chi connectivity index (χ0) is 11.1. The van der Waals surface area contributed by atoms with Gasteiger partial charge in [-0.1, -0.05) is 19.8 Å². The summed E-state index contributed by atoms with van der Waals surface area (Å²) in [6.07, 6.45) is 6.03. The molecule has 15 heavy (non-hydrogen) atoms. The summed E-state index contributed by atoms with van der Waals surface area (Å²) in [5.41, 5.74) is 0. The summed E-state index contributed by atoms with van der Waals surface area (Å²) in [4.78, 5) is 0. The normalized spacial score (nSPS) is 29.0. The Morgan fingerprint density at radius 1 is 1.27 bits per heavy atom. The lowest BCUT2D eigenvalue weighted by atomic mass is 9.83. The maximum Gasteiger partial charge on any atom is 0.0671 e. The molecule has 2 nitrogen and oxygen atoms in total. The first-order chi connectivity index (χ1) is 7.22. The molecule has 0 heterocycles. The predicted octanol–water partition coefficient (Wildman–Crippen LogP) is 2.83. The van der Waals surface area contributed by atoms with E-state index in [9.17, 15) is 0 Å². The van der Waals surface area contributed by atoms with Gasteiger partial charge in [-0.15, -0.1) is 0 Å². The van der Waals surface area contributed by atoms with Crippen LogP contribution in [-0.4, -0.2) is 25.8 Å². The monoisotopic (exact) mass is 213 g/mol. The highest BCUT2D eigenvalue weighted by atomic mass is 16.5. The lowest BCUT2D eigenvalue weighted by Gasteiger charge is -2.26. The molecule has 0 bridgehead atoms. The van der Waals surface area contributed by atoms with Crippen molar-refractivity contribution >= 4 is 0 Å². The van der Waals surface area contributed by atoms with Gasteiger partial charge in [0.25, 0.3) is 0 Å². The maximum atomic E-state index is 5.49. The Morgan fingerprint density at radius 2 is 1.93 bits per heavy atom. The molecular formula is C13H27NO. The Balaban J connectivity index is 2.00. The summed E-state index contributed by atoms with van der Waals surface area (Å²) in [5, 5.41) is 3.53. The first-order valence-electron chi connectivity index (χ1n) is 6.54. The van der Waals surface area contributed by atoms with Gasteiger partial charge in [0.1, 0.15) is 0 Å². The molecule has 0 spiro atoms. The van der Waals surface area contributed by atoms with E-state index in [-0.39, 0.29) is 0 Å². The van der Waals surface area contributed by atoms with Crippen molar-refractivity contribution in [1.29, 1.82) is 0 Å². The van der Waals surface area contributed by atoms with E-state index in [0.717, 1.165) is 25.0 Å². The SMILES string of the molecule is CCOC(C)CNCC1CCC(C)CC1. The molecule has 0 saturated heterocycles. The summed E-state index contributed by atoms with van der Waals surface area (Å²) in [6.45, 7) is 9.58. The highest BCUT2D eigenvalue weighted by Gasteiger charge is 2.17. The van der Waals surface area contributed by atoms with Crippen LogP contribution in [0.2, 0.25) is 0 Å². The number of ether oxygens (including phenoxy) is 1. The summed E-state index contributed by atoms with van der Waals surface area (Å²) in [7, 11) is 0. The van der Waals surface area contributed by atoms with Crippen molar-refractivity contribution in [2.45, 2.75) is 52.6 Å². The van der Waals surface area contributed by atoms with Crippen LogP contribution in [0.15, 0.2) is 0 Å². The molecule has 90 valence electrons. The maximum absolute atomic E-state index is 5.49. The van der Waals surface area contributed by atoms with Crippen LogP contribution in [0.25, 0.3) is 0 Å². The van der Waals surface area contributed by atoms with Crippen LogP contribution in [0.4, 0.5) is 0 Å². The van der Waals surface area contributed by atoms with Crippen LogP contribution in [-0.2, 0) is 4.74 Å². The number of hydrogen-bond donors (Lipinski definition) is 1. The highest BCUT2D eigenvalue weighted by Crippen LogP contribution is 2.27. The van der Waals surface area contributed by atoms with E-state index >= 15 is 0 Å². The Hall–Kier alpha value is -0.0800. The van der Waals surface area contributed by atoms with Crippen molar-refractivity contribution in [2.75, 3.05) is 19.7 Å². The van der Waals surface area contributed by atoms with Gasteiger partial charge in [-0.2, -0.15) is 0 Å². The molecule has 1 saturated carbocycles. The third-order valence-electron chi connectivity index (χ3n) is 3.45. The van der Waals surface area contributed by atoms with Crippen LogP contribution in [0.3, 0.4) is 0 Å². The fourth-order valence-corrected chi connectivity index (χ4v) is 2.37. The van der Waals surface area contributed by atoms with Gasteiger partial charge in [-0.05, 0) is 45.1 Å². The minimum atomic E-state index is 0.359. The van der Waals surface area contributed by atoms with Gasteiger partial charge in [0.2, 0.25) is 0 Å². The van der Waals surface area contributed by atoms with Crippen molar-refractivity contribution in [3.8, 4) is 0 Å². The van der Waals surface area contributed by atoms with Crippen molar-refractivity contribution in [3.63, 3.8) is 0 Å². The van der Waals surface area contributed by atoms with Crippen molar-refractivity contribution in [3.05, 3.63) is 0 Å². The molecule has 1 rings (SSSR count). The van der Waals surface area contributed by atoms with Crippen LogP contribution < -0.4 is 5.32 Å². The van der Waals surface area contributed by atoms with Crippen LogP contribution in [0.1, 0.15) is 46.5 Å². The van der Waals surface area contributed by atoms with Gasteiger partial charge < -0.3 is 10.1 Å². The van der Waals surface area contributed by atoms with Gasteiger partial charge in [0, 0.05) is 13.2 Å². The molecule has 1 aliphatic rings. The Bertz CT molecular complexity index is 153. The quantitative estimate of drug-likeness (QED) is 0.732. The minimum absolute atomic E-state index is 0.359. The summed E-state index contributed by atoms with van der Waals surface area (Å²) >= 11 is 0. The van der Waals surface area contributed by atoms with Crippen LogP contribution in [0, 0.1) is 11.8 Å². The fourth-order valence-electron chi connectivity index (χ4n) is 2.37. The molecule has 1 fully saturated rings. The molecule has 1 atom stereocenters. The summed E-state index contributed by atoms with van der Waals surface area (Å²) < 4.78 is 5.49. The molecule has 2 heteroatoms. The third kappa shape index (κ3) is 5.53. The Kier molecular flexibility index (Phi) is 6.26. The topological polar surface area (TPSA) is 21.3 Å². The van der Waals surface area contributed by atoms with Gasteiger partial charge in [0.15, 0.2) is 0 Å². The van der Waals surface area contributed by atoms with E-state index in [1.54, 1.807) is 0 Å². The molecular weight excluding hydrogens is 186 g/mol.